The number of azo groups is 1. The third-order valence-corrected chi connectivity index (χ3v) is 5.72. The third-order valence-electron chi connectivity index (χ3n) is 4.17. The maximum absolute atomic E-state index is 4.44. The van der Waals surface area contributed by atoms with Crippen molar-refractivity contribution in [3.8, 4) is 0 Å². The fraction of sp³-hybridized carbons (Fsp3) is 0.250. The van der Waals surface area contributed by atoms with Gasteiger partial charge in [0.25, 0.3) is 0 Å². The Hall–Kier alpha value is -1.57. The van der Waals surface area contributed by atoms with E-state index in [1.165, 1.54) is 11.3 Å². The molecule has 0 amide bonds. The number of aromatic nitrogens is 1. The van der Waals surface area contributed by atoms with Crippen LogP contribution in [0.4, 0.5) is 16.5 Å². The van der Waals surface area contributed by atoms with Crippen LogP contribution in [0.2, 0.25) is 0 Å². The van der Waals surface area contributed by atoms with Crippen molar-refractivity contribution in [3.05, 3.63) is 69.6 Å². The predicted molar refractivity (Wildman–Crippen MR) is 112 cm³/mol. The molecule has 0 bridgehead atoms. The Bertz CT molecular complexity index is 910. The summed E-state index contributed by atoms with van der Waals surface area (Å²) in [5, 5.41) is 9.68. The standard InChI is InChI=1S/C20H22BrN4S.BrH/c1-4-25(13-16-8-6-5-7-9-16)17-10-11-18(15(2)12-17)22-23-20-24(3)14-19(21)26-20;/h5-12,14H,4,13H2,1-3H3;1H/q+1;/p-1. The van der Waals surface area contributed by atoms with E-state index in [2.05, 4.69) is 87.4 Å². The second-order valence-electron chi connectivity index (χ2n) is 6.10. The van der Waals surface area contributed by atoms with Crippen LogP contribution in [0, 0.1) is 6.92 Å². The summed E-state index contributed by atoms with van der Waals surface area (Å²) in [5.74, 6) is 0. The highest BCUT2D eigenvalue weighted by molar-refractivity contribution is 9.11. The molecule has 7 heteroatoms. The second kappa shape index (κ2) is 10.1. The molecule has 4 nitrogen and oxygen atoms in total. The average Bonchev–Trinajstić information content (AvgIpc) is 2.97. The number of halogens is 2. The normalized spacial score (nSPS) is 10.8. The van der Waals surface area contributed by atoms with E-state index in [0.29, 0.717) is 0 Å². The molecule has 1 heterocycles. The zero-order valence-corrected chi connectivity index (χ0v) is 19.6. The summed E-state index contributed by atoms with van der Waals surface area (Å²) in [6, 6.07) is 16.9. The van der Waals surface area contributed by atoms with Crippen LogP contribution in [-0.2, 0) is 13.6 Å². The SMILES string of the molecule is CCN(Cc1ccccc1)c1ccc(N=Nc2sc(Br)c[n+]2C)c(C)c1.[Br-]. The molecule has 0 spiro atoms. The second-order valence-corrected chi connectivity index (χ2v) is 8.49. The number of aryl methyl sites for hydroxylation is 2. The lowest BCUT2D eigenvalue weighted by molar-refractivity contribution is -0.654. The number of nitrogens with zero attached hydrogens (tertiary/aromatic N) is 4. The molecule has 2 aromatic carbocycles. The van der Waals surface area contributed by atoms with Crippen molar-refractivity contribution >= 4 is 43.8 Å². The first-order valence-electron chi connectivity index (χ1n) is 8.53. The molecule has 0 aliphatic heterocycles. The van der Waals surface area contributed by atoms with E-state index in [1.54, 1.807) is 11.3 Å². The Kier molecular flexibility index (Phi) is 8.13. The highest BCUT2D eigenvalue weighted by Crippen LogP contribution is 2.29. The molecule has 1 aromatic heterocycles. The number of rotatable bonds is 6. The van der Waals surface area contributed by atoms with Crippen LogP contribution >= 0.6 is 27.3 Å². The first kappa shape index (κ1) is 21.7. The van der Waals surface area contributed by atoms with Crippen LogP contribution in [0.15, 0.2) is 68.7 Å². The number of benzene rings is 2. The summed E-state index contributed by atoms with van der Waals surface area (Å²) < 4.78 is 3.00. The van der Waals surface area contributed by atoms with Crippen LogP contribution in [-0.4, -0.2) is 6.54 Å². The van der Waals surface area contributed by atoms with Crippen LogP contribution in [0.25, 0.3) is 0 Å². The van der Waals surface area contributed by atoms with Gasteiger partial charge in [-0.2, -0.15) is 0 Å². The molecule has 0 aliphatic rings. The van der Waals surface area contributed by atoms with E-state index in [1.807, 2.05) is 23.9 Å². The molecule has 0 saturated carbocycles. The quantitative estimate of drug-likeness (QED) is 0.371. The van der Waals surface area contributed by atoms with Crippen LogP contribution < -0.4 is 26.4 Å². The van der Waals surface area contributed by atoms with Gasteiger partial charge in [-0.15, -0.1) is 0 Å². The van der Waals surface area contributed by atoms with E-state index in [9.17, 15) is 0 Å². The van der Waals surface area contributed by atoms with E-state index >= 15 is 0 Å². The van der Waals surface area contributed by atoms with Gasteiger partial charge in [0.15, 0.2) is 0 Å². The molecule has 0 atom stereocenters. The summed E-state index contributed by atoms with van der Waals surface area (Å²) >= 11 is 5.04. The van der Waals surface area contributed by atoms with Gasteiger partial charge < -0.3 is 21.9 Å². The minimum atomic E-state index is 0. The van der Waals surface area contributed by atoms with Crippen molar-refractivity contribution in [2.45, 2.75) is 20.4 Å². The Labute approximate surface area is 183 Å². The number of hydrogen-bond donors (Lipinski definition) is 0. The van der Waals surface area contributed by atoms with E-state index in [0.717, 1.165) is 33.3 Å². The van der Waals surface area contributed by atoms with Gasteiger partial charge >= 0.3 is 5.13 Å². The smallest absolute Gasteiger partial charge is 0.409 e. The highest BCUT2D eigenvalue weighted by Gasteiger charge is 2.13. The van der Waals surface area contributed by atoms with E-state index in [4.69, 9.17) is 0 Å². The van der Waals surface area contributed by atoms with Crippen molar-refractivity contribution in [3.63, 3.8) is 0 Å². The van der Waals surface area contributed by atoms with Crippen molar-refractivity contribution in [1.29, 1.82) is 0 Å². The Morgan fingerprint density at radius 1 is 1.11 bits per heavy atom. The molecular formula is C20H22Br2N4S. The highest BCUT2D eigenvalue weighted by atomic mass is 79.9. The van der Waals surface area contributed by atoms with E-state index < -0.39 is 0 Å². The molecule has 0 N–H and O–H groups in total. The largest absolute Gasteiger partial charge is 1.00 e. The van der Waals surface area contributed by atoms with Crippen LogP contribution in [0.3, 0.4) is 0 Å². The molecule has 0 radical (unpaired) electrons. The zero-order chi connectivity index (χ0) is 18.5. The summed E-state index contributed by atoms with van der Waals surface area (Å²) in [7, 11) is 1.97. The molecule has 0 unspecified atom stereocenters. The fourth-order valence-corrected chi connectivity index (χ4v) is 4.12. The number of anilines is 1. The van der Waals surface area contributed by atoms with Gasteiger partial charge in [-0.3, -0.25) is 0 Å². The van der Waals surface area contributed by atoms with Gasteiger partial charge in [-0.1, -0.05) is 30.3 Å². The van der Waals surface area contributed by atoms with E-state index in [-0.39, 0.29) is 17.0 Å². The van der Waals surface area contributed by atoms with Crippen LogP contribution in [0.5, 0.6) is 0 Å². The number of thiazole rings is 1. The van der Waals surface area contributed by atoms with Gasteiger partial charge in [-0.25, -0.2) is 4.57 Å². The lowest BCUT2D eigenvalue weighted by Gasteiger charge is -2.23. The Morgan fingerprint density at radius 3 is 2.44 bits per heavy atom. The van der Waals surface area contributed by atoms with Gasteiger partial charge in [0, 0.05) is 18.8 Å². The molecule has 3 aromatic rings. The van der Waals surface area contributed by atoms with Gasteiger partial charge in [0.05, 0.1) is 12.2 Å². The summed E-state index contributed by atoms with van der Waals surface area (Å²) in [4.78, 5) is 2.36. The van der Waals surface area contributed by atoms with Gasteiger partial charge in [0.1, 0.15) is 15.7 Å². The Morgan fingerprint density at radius 2 is 1.85 bits per heavy atom. The van der Waals surface area contributed by atoms with Crippen molar-refractivity contribution in [2.75, 3.05) is 11.4 Å². The summed E-state index contributed by atoms with van der Waals surface area (Å²) in [5.41, 5.74) is 4.54. The van der Waals surface area contributed by atoms with Crippen molar-refractivity contribution in [2.24, 2.45) is 17.3 Å². The molecule has 0 aliphatic carbocycles. The monoisotopic (exact) mass is 508 g/mol. The first-order valence-corrected chi connectivity index (χ1v) is 10.1. The van der Waals surface area contributed by atoms with Crippen molar-refractivity contribution < 1.29 is 21.5 Å². The lowest BCUT2D eigenvalue weighted by atomic mass is 10.1. The Balaban J connectivity index is 0.00000261. The lowest BCUT2D eigenvalue weighted by Crippen LogP contribution is -3.00. The maximum Gasteiger partial charge on any atom is 0.409 e. The molecule has 142 valence electrons. The summed E-state index contributed by atoms with van der Waals surface area (Å²) in [6.45, 7) is 6.12. The molecule has 0 saturated heterocycles. The summed E-state index contributed by atoms with van der Waals surface area (Å²) in [6.07, 6.45) is 1.98. The topological polar surface area (TPSA) is 31.8 Å². The first-order chi connectivity index (χ1) is 12.6. The average molecular weight is 510 g/mol. The van der Waals surface area contributed by atoms with Crippen LogP contribution in [0.1, 0.15) is 18.1 Å². The fourth-order valence-electron chi connectivity index (χ4n) is 2.72. The minimum absolute atomic E-state index is 0. The minimum Gasteiger partial charge on any atom is -1.00 e. The zero-order valence-electron chi connectivity index (χ0n) is 15.6. The molecule has 3 rings (SSSR count). The van der Waals surface area contributed by atoms with Gasteiger partial charge in [-0.05, 0) is 75.6 Å². The number of hydrogen-bond acceptors (Lipinski definition) is 4. The third kappa shape index (κ3) is 5.70. The van der Waals surface area contributed by atoms with Gasteiger partial charge in [0.2, 0.25) is 0 Å². The molecule has 0 fully saturated rings. The molecular weight excluding hydrogens is 488 g/mol. The predicted octanol–water partition coefficient (Wildman–Crippen LogP) is 3.09. The maximum atomic E-state index is 4.44. The molecule has 27 heavy (non-hydrogen) atoms. The van der Waals surface area contributed by atoms with Crippen molar-refractivity contribution in [1.82, 2.24) is 0 Å².